The van der Waals surface area contributed by atoms with Gasteiger partial charge in [0.05, 0.1) is 17.7 Å². The molecule has 0 fully saturated rings. The van der Waals surface area contributed by atoms with Crippen LogP contribution in [0.25, 0.3) is 0 Å². The molecule has 1 atom stereocenters. The van der Waals surface area contributed by atoms with E-state index in [-0.39, 0.29) is 17.4 Å². The average molecular weight is 246 g/mol. The van der Waals surface area contributed by atoms with Crippen molar-refractivity contribution in [1.29, 1.82) is 0 Å². The van der Waals surface area contributed by atoms with E-state index < -0.39 is 15.7 Å². The molecule has 6 heteroatoms. The molecule has 90 valence electrons. The molecule has 2 N–H and O–H groups in total. The third-order valence-corrected chi connectivity index (χ3v) is 3.94. The van der Waals surface area contributed by atoms with E-state index in [1.807, 2.05) is 0 Å². The molecular weight excluding hydrogens is 231 g/mol. The number of aromatic nitrogens is 1. The maximum absolute atomic E-state index is 12.8. The average Bonchev–Trinajstić information content (AvgIpc) is 2.15. The van der Waals surface area contributed by atoms with Crippen LogP contribution >= 0.6 is 0 Å². The highest BCUT2D eigenvalue weighted by molar-refractivity contribution is 7.90. The highest BCUT2D eigenvalue weighted by Crippen LogP contribution is 2.09. The molecule has 1 rings (SSSR count). The van der Waals surface area contributed by atoms with Crippen LogP contribution in [-0.2, 0) is 15.6 Å². The Balaban J connectivity index is 2.73. The van der Waals surface area contributed by atoms with Crippen molar-refractivity contribution in [3.05, 3.63) is 29.8 Å². The summed E-state index contributed by atoms with van der Waals surface area (Å²) in [5, 5.41) is 0. The van der Waals surface area contributed by atoms with E-state index >= 15 is 0 Å². The minimum Gasteiger partial charge on any atom is -0.330 e. The number of halogens is 1. The quantitative estimate of drug-likeness (QED) is 0.831. The van der Waals surface area contributed by atoms with Crippen LogP contribution in [0, 0.1) is 11.7 Å². The van der Waals surface area contributed by atoms with Crippen LogP contribution in [0.5, 0.6) is 0 Å². The summed E-state index contributed by atoms with van der Waals surface area (Å²) in [6.45, 7) is 2.09. The number of pyridine rings is 1. The molecule has 1 unspecified atom stereocenters. The van der Waals surface area contributed by atoms with Crippen LogP contribution < -0.4 is 5.73 Å². The second-order valence-electron chi connectivity index (χ2n) is 3.91. The first-order valence-corrected chi connectivity index (χ1v) is 6.75. The van der Waals surface area contributed by atoms with Gasteiger partial charge in [0.25, 0.3) is 0 Å². The van der Waals surface area contributed by atoms with Gasteiger partial charge in [-0.15, -0.1) is 0 Å². The molecule has 0 aromatic carbocycles. The maximum atomic E-state index is 12.8. The smallest absolute Gasteiger partial charge is 0.154 e. The standard InChI is InChI=1S/C10H15FN2O2S/c1-8(3-12)6-16(14,15)7-9-2-10(11)5-13-4-9/h2,4-5,8H,3,6-7,12H2,1H3. The zero-order chi connectivity index (χ0) is 12.2. The molecular formula is C10H15FN2O2S. The summed E-state index contributed by atoms with van der Waals surface area (Å²) in [6, 6.07) is 1.18. The van der Waals surface area contributed by atoms with Gasteiger partial charge in [0.2, 0.25) is 0 Å². The van der Waals surface area contributed by atoms with Gasteiger partial charge in [0.1, 0.15) is 5.82 Å². The lowest BCUT2D eigenvalue weighted by molar-refractivity contribution is 0.572. The van der Waals surface area contributed by atoms with Crippen molar-refractivity contribution in [1.82, 2.24) is 4.98 Å². The Morgan fingerprint density at radius 3 is 2.75 bits per heavy atom. The van der Waals surface area contributed by atoms with E-state index in [2.05, 4.69) is 4.98 Å². The van der Waals surface area contributed by atoms with Crippen molar-refractivity contribution in [3.63, 3.8) is 0 Å². The fourth-order valence-corrected chi connectivity index (χ4v) is 3.14. The summed E-state index contributed by atoms with van der Waals surface area (Å²) < 4.78 is 36.1. The second kappa shape index (κ2) is 5.36. The van der Waals surface area contributed by atoms with E-state index in [4.69, 9.17) is 5.73 Å². The molecule has 0 aliphatic heterocycles. The van der Waals surface area contributed by atoms with Crippen LogP contribution in [-0.4, -0.2) is 25.7 Å². The van der Waals surface area contributed by atoms with E-state index in [0.717, 1.165) is 6.20 Å². The summed E-state index contributed by atoms with van der Waals surface area (Å²) in [5.41, 5.74) is 5.72. The number of sulfone groups is 1. The highest BCUT2D eigenvalue weighted by Gasteiger charge is 2.16. The maximum Gasteiger partial charge on any atom is 0.154 e. The van der Waals surface area contributed by atoms with E-state index in [9.17, 15) is 12.8 Å². The molecule has 1 aromatic rings. The Labute approximate surface area is 94.6 Å². The number of nitrogens with zero attached hydrogens (tertiary/aromatic N) is 1. The van der Waals surface area contributed by atoms with Crippen LogP contribution in [0.3, 0.4) is 0 Å². The van der Waals surface area contributed by atoms with Crippen LogP contribution in [0.1, 0.15) is 12.5 Å². The summed E-state index contributed by atoms with van der Waals surface area (Å²) in [6.07, 6.45) is 2.40. The summed E-state index contributed by atoms with van der Waals surface area (Å²) >= 11 is 0. The second-order valence-corrected chi connectivity index (χ2v) is 6.02. The van der Waals surface area contributed by atoms with Gasteiger partial charge in [-0.05, 0) is 24.1 Å². The van der Waals surface area contributed by atoms with Crippen LogP contribution in [0.15, 0.2) is 18.5 Å². The normalized spacial score (nSPS) is 13.7. The molecule has 0 bridgehead atoms. The van der Waals surface area contributed by atoms with E-state index in [0.29, 0.717) is 12.1 Å². The number of nitrogens with two attached hydrogens (primary N) is 1. The topological polar surface area (TPSA) is 73.1 Å². The van der Waals surface area contributed by atoms with Gasteiger partial charge in [0.15, 0.2) is 9.84 Å². The molecule has 0 spiro atoms. The third-order valence-electron chi connectivity index (χ3n) is 2.09. The van der Waals surface area contributed by atoms with Gasteiger partial charge in [-0.3, -0.25) is 4.98 Å². The Morgan fingerprint density at radius 1 is 1.50 bits per heavy atom. The van der Waals surface area contributed by atoms with Gasteiger partial charge in [-0.25, -0.2) is 12.8 Å². The predicted molar refractivity (Wildman–Crippen MR) is 59.9 cm³/mol. The minimum atomic E-state index is -3.25. The predicted octanol–water partition coefficient (Wildman–Crippen LogP) is 0.730. The molecule has 0 amide bonds. The first-order valence-electron chi connectivity index (χ1n) is 4.93. The fraction of sp³-hybridized carbons (Fsp3) is 0.500. The van der Waals surface area contributed by atoms with Crippen molar-refractivity contribution in [3.8, 4) is 0 Å². The first kappa shape index (κ1) is 13.1. The Hall–Kier alpha value is -1.01. The zero-order valence-electron chi connectivity index (χ0n) is 9.06. The third kappa shape index (κ3) is 4.24. The number of hydrogen-bond donors (Lipinski definition) is 1. The van der Waals surface area contributed by atoms with E-state index in [1.54, 1.807) is 6.92 Å². The highest BCUT2D eigenvalue weighted by atomic mass is 32.2. The van der Waals surface area contributed by atoms with Gasteiger partial charge >= 0.3 is 0 Å². The van der Waals surface area contributed by atoms with Gasteiger partial charge in [-0.1, -0.05) is 6.92 Å². The summed E-state index contributed by atoms with van der Waals surface area (Å²) in [4.78, 5) is 3.60. The molecule has 0 aliphatic rings. The fourth-order valence-electron chi connectivity index (χ4n) is 1.35. The monoisotopic (exact) mass is 246 g/mol. The van der Waals surface area contributed by atoms with Crippen LogP contribution in [0.4, 0.5) is 4.39 Å². The van der Waals surface area contributed by atoms with Crippen molar-refractivity contribution >= 4 is 9.84 Å². The Kier molecular flexibility index (Phi) is 4.37. The summed E-state index contributed by atoms with van der Waals surface area (Å²) in [7, 11) is -3.25. The van der Waals surface area contributed by atoms with E-state index in [1.165, 1.54) is 12.3 Å². The molecule has 4 nitrogen and oxygen atoms in total. The molecule has 16 heavy (non-hydrogen) atoms. The Morgan fingerprint density at radius 2 is 2.19 bits per heavy atom. The molecule has 0 aliphatic carbocycles. The van der Waals surface area contributed by atoms with Crippen molar-refractivity contribution in [2.45, 2.75) is 12.7 Å². The molecule has 0 saturated carbocycles. The van der Waals surface area contributed by atoms with Gasteiger partial charge < -0.3 is 5.73 Å². The van der Waals surface area contributed by atoms with Gasteiger partial charge in [-0.2, -0.15) is 0 Å². The molecule has 0 saturated heterocycles. The Bertz CT molecular complexity index is 448. The number of rotatable bonds is 5. The van der Waals surface area contributed by atoms with Crippen LogP contribution in [0.2, 0.25) is 0 Å². The summed E-state index contributed by atoms with van der Waals surface area (Å²) in [5.74, 6) is -0.798. The number of hydrogen-bond acceptors (Lipinski definition) is 4. The molecule has 0 radical (unpaired) electrons. The van der Waals surface area contributed by atoms with Gasteiger partial charge in [0, 0.05) is 6.20 Å². The lowest BCUT2D eigenvalue weighted by Gasteiger charge is -2.09. The SMILES string of the molecule is CC(CN)CS(=O)(=O)Cc1cncc(F)c1. The largest absolute Gasteiger partial charge is 0.330 e. The lowest BCUT2D eigenvalue weighted by atomic mass is 10.2. The van der Waals surface area contributed by atoms with Crippen molar-refractivity contribution in [2.24, 2.45) is 11.7 Å². The first-order chi connectivity index (χ1) is 7.43. The molecule has 1 heterocycles. The minimum absolute atomic E-state index is 0.0139. The molecule has 1 aromatic heterocycles. The lowest BCUT2D eigenvalue weighted by Crippen LogP contribution is -2.22. The van der Waals surface area contributed by atoms with Crippen molar-refractivity contribution in [2.75, 3.05) is 12.3 Å². The zero-order valence-corrected chi connectivity index (χ0v) is 9.87. The van der Waals surface area contributed by atoms with Crippen molar-refractivity contribution < 1.29 is 12.8 Å².